The first-order valence-electron chi connectivity index (χ1n) is 5.68. The molecule has 1 N–H and O–H groups in total. The lowest BCUT2D eigenvalue weighted by molar-refractivity contribution is -0.149. The number of hydrogen-bond donors (Lipinski definition) is 1. The maximum absolute atomic E-state index is 11.8. The molecule has 8 heteroatoms. The summed E-state index contributed by atoms with van der Waals surface area (Å²) in [5.74, 6) is -0.115. The largest absolute Gasteiger partial charge is 0.374 e. The molecule has 2 heterocycles. The molecule has 0 aliphatic carbocycles. The van der Waals surface area contributed by atoms with Crippen LogP contribution in [0.4, 0.5) is 5.00 Å². The Morgan fingerprint density at radius 3 is 2.83 bits per heavy atom. The third-order valence-corrected chi connectivity index (χ3v) is 3.44. The van der Waals surface area contributed by atoms with Gasteiger partial charge in [0.1, 0.15) is 17.2 Å². The fourth-order valence-corrected chi connectivity index (χ4v) is 2.34. The Hall–Kier alpha value is -1.70. The number of nitrogens with zero attached hydrogens (tertiary/aromatic N) is 4. The summed E-state index contributed by atoms with van der Waals surface area (Å²) in [5.41, 5.74) is 0.715. The van der Waals surface area contributed by atoms with Gasteiger partial charge in [-0.25, -0.2) is 0 Å². The molecule has 2 amide bonds. The number of nitrogens with one attached hydrogen (secondary N) is 1. The van der Waals surface area contributed by atoms with Crippen molar-refractivity contribution in [1.29, 1.82) is 0 Å². The first-order chi connectivity index (χ1) is 8.61. The molecule has 0 saturated carbocycles. The van der Waals surface area contributed by atoms with Gasteiger partial charge in [-0.15, -0.1) is 5.10 Å². The number of hydrogen-bond acceptors (Lipinski definition) is 6. The zero-order valence-corrected chi connectivity index (χ0v) is 11.2. The Balaban J connectivity index is 2.06. The van der Waals surface area contributed by atoms with E-state index in [0.29, 0.717) is 12.2 Å². The number of amides is 2. The number of anilines is 1. The van der Waals surface area contributed by atoms with Crippen molar-refractivity contribution < 1.29 is 9.59 Å². The van der Waals surface area contributed by atoms with Gasteiger partial charge in [0.2, 0.25) is 11.8 Å². The molecule has 2 rings (SSSR count). The normalized spacial score (nSPS) is 16.3. The average Bonchev–Trinajstić information content (AvgIpc) is 2.74. The number of carbonyl (C=O) groups is 2. The van der Waals surface area contributed by atoms with E-state index < -0.39 is 0 Å². The summed E-state index contributed by atoms with van der Waals surface area (Å²) in [7, 11) is 1.63. The number of aromatic nitrogens is 2. The average molecular weight is 269 g/mol. The van der Waals surface area contributed by atoms with E-state index in [1.54, 1.807) is 7.05 Å². The van der Waals surface area contributed by atoms with Gasteiger partial charge in [0.05, 0.1) is 13.1 Å². The highest BCUT2D eigenvalue weighted by Gasteiger charge is 2.28. The van der Waals surface area contributed by atoms with Crippen LogP contribution >= 0.6 is 11.5 Å². The molecule has 1 aliphatic heterocycles. The molecule has 1 aromatic heterocycles. The smallest absolute Gasteiger partial charge is 0.243 e. The van der Waals surface area contributed by atoms with Crippen LogP contribution in [0.3, 0.4) is 0 Å². The third kappa shape index (κ3) is 2.58. The number of piperazine rings is 1. The lowest BCUT2D eigenvalue weighted by Gasteiger charge is -2.31. The van der Waals surface area contributed by atoms with E-state index in [9.17, 15) is 9.59 Å². The van der Waals surface area contributed by atoms with E-state index >= 15 is 0 Å². The van der Waals surface area contributed by atoms with Gasteiger partial charge in [0, 0.05) is 25.1 Å². The summed E-state index contributed by atoms with van der Waals surface area (Å²) < 4.78 is 3.86. The van der Waals surface area contributed by atoms with Gasteiger partial charge in [0.15, 0.2) is 0 Å². The molecule has 18 heavy (non-hydrogen) atoms. The van der Waals surface area contributed by atoms with Crippen molar-refractivity contribution in [2.24, 2.45) is 0 Å². The number of carbonyl (C=O) groups excluding carboxylic acids is 2. The summed E-state index contributed by atoms with van der Waals surface area (Å²) in [5, 5.41) is 7.99. The van der Waals surface area contributed by atoms with Crippen molar-refractivity contribution in [3.63, 3.8) is 0 Å². The summed E-state index contributed by atoms with van der Waals surface area (Å²) in [4.78, 5) is 26.3. The second-order valence-electron chi connectivity index (χ2n) is 4.08. The molecule has 7 nitrogen and oxygen atoms in total. The summed E-state index contributed by atoms with van der Waals surface area (Å²) in [6.07, 6.45) is 0. The Morgan fingerprint density at radius 2 is 2.11 bits per heavy atom. The lowest BCUT2D eigenvalue weighted by Crippen LogP contribution is -2.51. The Morgan fingerprint density at radius 1 is 1.33 bits per heavy atom. The molecule has 0 aromatic carbocycles. The number of rotatable bonds is 4. The van der Waals surface area contributed by atoms with Crippen molar-refractivity contribution in [3.05, 3.63) is 5.69 Å². The molecule has 0 radical (unpaired) electrons. The number of likely N-dealkylation sites (N-methyl/N-ethyl adjacent to an activating group) is 1. The summed E-state index contributed by atoms with van der Waals surface area (Å²) >= 11 is 1.26. The van der Waals surface area contributed by atoms with Gasteiger partial charge >= 0.3 is 0 Å². The molecule has 98 valence electrons. The molecule has 1 aliphatic rings. The highest BCUT2D eigenvalue weighted by Crippen LogP contribution is 2.19. The fourth-order valence-electron chi connectivity index (χ4n) is 1.69. The third-order valence-electron chi connectivity index (χ3n) is 2.71. The molecule has 1 aromatic rings. The Labute approximate surface area is 109 Å². The Kier molecular flexibility index (Phi) is 3.75. The fraction of sp³-hybridized carbons (Fsp3) is 0.600. The van der Waals surface area contributed by atoms with E-state index in [4.69, 9.17) is 0 Å². The summed E-state index contributed by atoms with van der Waals surface area (Å²) in [6, 6.07) is 0. The van der Waals surface area contributed by atoms with Crippen LogP contribution in [0.25, 0.3) is 0 Å². The van der Waals surface area contributed by atoms with Crippen molar-refractivity contribution in [3.8, 4) is 0 Å². The molecule has 0 spiro atoms. The minimum absolute atomic E-state index is 0.0530. The highest BCUT2D eigenvalue weighted by atomic mass is 32.1. The lowest BCUT2D eigenvalue weighted by atomic mass is 10.3. The Bertz CT molecular complexity index is 461. The molecule has 0 bridgehead atoms. The highest BCUT2D eigenvalue weighted by molar-refractivity contribution is 7.10. The van der Waals surface area contributed by atoms with Gasteiger partial charge in [-0.2, -0.15) is 0 Å². The molecule has 1 saturated heterocycles. The minimum Gasteiger partial charge on any atom is -0.374 e. The topological polar surface area (TPSA) is 78.4 Å². The van der Waals surface area contributed by atoms with Gasteiger partial charge in [-0.05, 0) is 6.92 Å². The molecular weight excluding hydrogens is 254 g/mol. The van der Waals surface area contributed by atoms with Crippen LogP contribution in [0.1, 0.15) is 12.6 Å². The maximum atomic E-state index is 11.8. The first-order valence-corrected chi connectivity index (χ1v) is 6.46. The van der Waals surface area contributed by atoms with Gasteiger partial charge in [0.25, 0.3) is 0 Å². The maximum Gasteiger partial charge on any atom is 0.243 e. The quantitative estimate of drug-likeness (QED) is 0.817. The van der Waals surface area contributed by atoms with Crippen molar-refractivity contribution in [2.45, 2.75) is 13.5 Å². The predicted octanol–water partition coefficient (Wildman–Crippen LogP) is -0.230. The monoisotopic (exact) mass is 269 g/mol. The second-order valence-corrected chi connectivity index (χ2v) is 4.83. The van der Waals surface area contributed by atoms with E-state index in [2.05, 4.69) is 14.9 Å². The van der Waals surface area contributed by atoms with E-state index in [0.717, 1.165) is 11.5 Å². The van der Waals surface area contributed by atoms with Crippen molar-refractivity contribution >= 4 is 28.3 Å². The standard InChI is InChI=1S/C10H15N5O2S/c1-3-11-10-7(12-13-18-10)4-15-6-8(16)14(2)5-9(15)17/h11H,3-6H2,1-2H3. The van der Waals surface area contributed by atoms with Crippen molar-refractivity contribution in [2.75, 3.05) is 32.0 Å². The SMILES string of the molecule is CCNc1snnc1CN1CC(=O)N(C)CC1=O. The van der Waals surface area contributed by atoms with E-state index in [1.807, 2.05) is 6.92 Å². The summed E-state index contributed by atoms with van der Waals surface area (Å²) in [6.45, 7) is 3.32. The molecule has 0 atom stereocenters. The molecular formula is C10H15N5O2S. The van der Waals surface area contributed by atoms with Crippen LogP contribution in [0.5, 0.6) is 0 Å². The van der Waals surface area contributed by atoms with Crippen LogP contribution in [0.15, 0.2) is 0 Å². The van der Waals surface area contributed by atoms with E-state index in [1.165, 1.54) is 21.3 Å². The van der Waals surface area contributed by atoms with Gasteiger partial charge in [-0.3, -0.25) is 9.59 Å². The van der Waals surface area contributed by atoms with Crippen LogP contribution in [-0.2, 0) is 16.1 Å². The predicted molar refractivity (Wildman–Crippen MR) is 67.1 cm³/mol. The van der Waals surface area contributed by atoms with Crippen LogP contribution in [-0.4, -0.2) is 57.9 Å². The van der Waals surface area contributed by atoms with Crippen LogP contribution in [0, 0.1) is 0 Å². The van der Waals surface area contributed by atoms with Crippen LogP contribution < -0.4 is 5.32 Å². The zero-order valence-electron chi connectivity index (χ0n) is 10.3. The zero-order chi connectivity index (χ0) is 13.1. The van der Waals surface area contributed by atoms with Gasteiger partial charge < -0.3 is 15.1 Å². The van der Waals surface area contributed by atoms with Gasteiger partial charge in [-0.1, -0.05) is 4.49 Å². The van der Waals surface area contributed by atoms with E-state index in [-0.39, 0.29) is 24.9 Å². The second kappa shape index (κ2) is 5.30. The molecule has 1 fully saturated rings. The van der Waals surface area contributed by atoms with Crippen LogP contribution in [0.2, 0.25) is 0 Å². The minimum atomic E-state index is -0.0625. The molecule has 0 unspecified atom stereocenters. The first kappa shape index (κ1) is 12.7. The van der Waals surface area contributed by atoms with Crippen molar-refractivity contribution in [1.82, 2.24) is 19.4 Å².